The summed E-state index contributed by atoms with van der Waals surface area (Å²) in [6.45, 7) is 10.6. The lowest BCUT2D eigenvalue weighted by molar-refractivity contribution is 0.611. The van der Waals surface area contributed by atoms with E-state index in [9.17, 15) is 0 Å². The molecule has 0 aromatic carbocycles. The molecule has 1 aliphatic carbocycles. The summed E-state index contributed by atoms with van der Waals surface area (Å²) >= 11 is 0. The summed E-state index contributed by atoms with van der Waals surface area (Å²) in [6.07, 6.45) is 2.56. The van der Waals surface area contributed by atoms with Crippen molar-refractivity contribution < 1.29 is 0 Å². The van der Waals surface area contributed by atoms with Gasteiger partial charge in [0, 0.05) is 0 Å². The van der Waals surface area contributed by atoms with Gasteiger partial charge in [0.15, 0.2) is 0 Å². The van der Waals surface area contributed by atoms with Gasteiger partial charge in [0.2, 0.25) is 0 Å². The lowest BCUT2D eigenvalue weighted by Gasteiger charge is -2.02. The molecule has 1 nitrogen and oxygen atoms in total. The van der Waals surface area contributed by atoms with Crippen molar-refractivity contribution in [1.82, 2.24) is 5.32 Å². The molecule has 0 heterocycles. The summed E-state index contributed by atoms with van der Waals surface area (Å²) in [7, 11) is 0. The van der Waals surface area contributed by atoms with E-state index in [0.717, 1.165) is 24.8 Å². The zero-order valence-electron chi connectivity index (χ0n) is 7.69. The predicted octanol–water partition coefficient (Wildman–Crippen LogP) is 2.20. The molecule has 0 aliphatic heterocycles. The van der Waals surface area contributed by atoms with Gasteiger partial charge in [-0.15, -0.1) is 6.58 Å². The Morgan fingerprint density at radius 2 is 2.27 bits per heavy atom. The third-order valence-corrected chi connectivity index (χ3v) is 2.41. The summed E-state index contributed by atoms with van der Waals surface area (Å²) in [5, 5.41) is 3.45. The van der Waals surface area contributed by atoms with Crippen LogP contribution in [0.15, 0.2) is 12.2 Å². The normalized spacial score (nSPS) is 28.5. The second kappa shape index (κ2) is 3.91. The quantitative estimate of drug-likeness (QED) is 0.471. The van der Waals surface area contributed by atoms with Gasteiger partial charge in [0.25, 0.3) is 0 Å². The molecular weight excluding hydrogens is 134 g/mol. The van der Waals surface area contributed by atoms with Crippen molar-refractivity contribution in [3.63, 3.8) is 0 Å². The Hall–Kier alpha value is -0.300. The van der Waals surface area contributed by atoms with Gasteiger partial charge in [-0.25, -0.2) is 0 Å². The molecule has 64 valence electrons. The first-order valence-electron chi connectivity index (χ1n) is 4.55. The summed E-state index contributed by atoms with van der Waals surface area (Å²) < 4.78 is 0. The monoisotopic (exact) mass is 153 g/mol. The first-order chi connectivity index (χ1) is 5.20. The van der Waals surface area contributed by atoms with E-state index in [2.05, 4.69) is 25.7 Å². The Balaban J connectivity index is 1.85. The molecule has 0 aromatic heterocycles. The van der Waals surface area contributed by atoms with Crippen molar-refractivity contribution in [2.24, 2.45) is 11.8 Å². The van der Waals surface area contributed by atoms with Crippen LogP contribution in [0, 0.1) is 11.8 Å². The van der Waals surface area contributed by atoms with Crippen molar-refractivity contribution >= 4 is 0 Å². The van der Waals surface area contributed by atoms with Crippen LogP contribution in [0.4, 0.5) is 0 Å². The first-order valence-corrected chi connectivity index (χ1v) is 4.55. The Labute approximate surface area is 69.9 Å². The molecule has 1 rings (SSSR count). The van der Waals surface area contributed by atoms with Gasteiger partial charge >= 0.3 is 0 Å². The molecule has 1 heteroatoms. The smallest absolute Gasteiger partial charge is 0.00117 e. The maximum Gasteiger partial charge on any atom is -0.00117 e. The molecule has 1 N–H and O–H groups in total. The minimum Gasteiger partial charge on any atom is -0.316 e. The van der Waals surface area contributed by atoms with Gasteiger partial charge in [0.1, 0.15) is 0 Å². The van der Waals surface area contributed by atoms with Crippen LogP contribution in [0.5, 0.6) is 0 Å². The average molecular weight is 153 g/mol. The van der Waals surface area contributed by atoms with E-state index in [4.69, 9.17) is 0 Å². The second-order valence-corrected chi connectivity index (χ2v) is 3.88. The highest BCUT2D eigenvalue weighted by Gasteiger charge is 2.31. The van der Waals surface area contributed by atoms with E-state index < -0.39 is 0 Å². The van der Waals surface area contributed by atoms with Gasteiger partial charge in [-0.3, -0.25) is 0 Å². The molecule has 2 atom stereocenters. The number of hydrogen-bond donors (Lipinski definition) is 1. The summed E-state index contributed by atoms with van der Waals surface area (Å²) in [5.74, 6) is 1.95. The van der Waals surface area contributed by atoms with Crippen LogP contribution in [-0.2, 0) is 0 Å². The van der Waals surface area contributed by atoms with Crippen LogP contribution in [0.2, 0.25) is 0 Å². The Morgan fingerprint density at radius 1 is 1.64 bits per heavy atom. The third kappa shape index (κ3) is 3.57. The van der Waals surface area contributed by atoms with Crippen LogP contribution in [0.1, 0.15) is 26.7 Å². The summed E-state index contributed by atoms with van der Waals surface area (Å²) in [4.78, 5) is 0. The average Bonchev–Trinajstić information content (AvgIpc) is 2.59. The Morgan fingerprint density at radius 3 is 2.73 bits per heavy atom. The lowest BCUT2D eigenvalue weighted by Crippen LogP contribution is -2.18. The van der Waals surface area contributed by atoms with Gasteiger partial charge in [-0.1, -0.05) is 12.5 Å². The van der Waals surface area contributed by atoms with Gasteiger partial charge < -0.3 is 5.32 Å². The zero-order valence-corrected chi connectivity index (χ0v) is 7.69. The molecule has 0 bridgehead atoms. The largest absolute Gasteiger partial charge is 0.316 e. The zero-order chi connectivity index (χ0) is 8.27. The molecule has 0 radical (unpaired) electrons. The van der Waals surface area contributed by atoms with Crippen LogP contribution >= 0.6 is 0 Å². The number of hydrogen-bond acceptors (Lipinski definition) is 1. The fourth-order valence-electron chi connectivity index (χ4n) is 1.27. The molecule has 0 aromatic rings. The minimum absolute atomic E-state index is 0.972. The number of rotatable bonds is 5. The van der Waals surface area contributed by atoms with Crippen LogP contribution in [-0.4, -0.2) is 13.1 Å². The SMILES string of the molecule is C=C(C)CCNCC1CC1C. The maximum atomic E-state index is 3.86. The molecule has 1 aliphatic rings. The minimum atomic E-state index is 0.972. The molecule has 0 saturated heterocycles. The van der Waals surface area contributed by atoms with Gasteiger partial charge in [-0.2, -0.15) is 0 Å². The van der Waals surface area contributed by atoms with E-state index in [1.807, 2.05) is 0 Å². The first kappa shape index (κ1) is 8.79. The standard InChI is InChI=1S/C10H19N/c1-8(2)4-5-11-7-10-6-9(10)3/h9-11H,1,4-7H2,2-3H3. The fraction of sp³-hybridized carbons (Fsp3) is 0.800. The van der Waals surface area contributed by atoms with Crippen molar-refractivity contribution in [2.75, 3.05) is 13.1 Å². The van der Waals surface area contributed by atoms with E-state index in [-0.39, 0.29) is 0 Å². The molecule has 11 heavy (non-hydrogen) atoms. The molecular formula is C10H19N. The van der Waals surface area contributed by atoms with Crippen LogP contribution in [0.25, 0.3) is 0 Å². The molecule has 0 spiro atoms. The Kier molecular flexibility index (Phi) is 3.13. The highest BCUT2D eigenvalue weighted by molar-refractivity contribution is 4.89. The Bertz CT molecular complexity index is 140. The van der Waals surface area contributed by atoms with Crippen molar-refractivity contribution in [1.29, 1.82) is 0 Å². The summed E-state index contributed by atoms with van der Waals surface area (Å²) in [5.41, 5.74) is 1.28. The van der Waals surface area contributed by atoms with E-state index in [1.54, 1.807) is 0 Å². The fourth-order valence-corrected chi connectivity index (χ4v) is 1.27. The molecule has 0 amide bonds. The topological polar surface area (TPSA) is 12.0 Å². The summed E-state index contributed by atoms with van der Waals surface area (Å²) in [6, 6.07) is 0. The lowest BCUT2D eigenvalue weighted by atomic mass is 10.2. The van der Waals surface area contributed by atoms with Gasteiger partial charge in [-0.05, 0) is 44.7 Å². The third-order valence-electron chi connectivity index (χ3n) is 2.41. The van der Waals surface area contributed by atoms with E-state index in [1.165, 1.54) is 18.5 Å². The molecule has 1 fully saturated rings. The van der Waals surface area contributed by atoms with Crippen LogP contribution in [0.3, 0.4) is 0 Å². The predicted molar refractivity (Wildman–Crippen MR) is 49.6 cm³/mol. The second-order valence-electron chi connectivity index (χ2n) is 3.88. The van der Waals surface area contributed by atoms with Crippen molar-refractivity contribution in [3.8, 4) is 0 Å². The highest BCUT2D eigenvalue weighted by Crippen LogP contribution is 2.36. The maximum absolute atomic E-state index is 3.86. The number of nitrogens with one attached hydrogen (secondary N) is 1. The van der Waals surface area contributed by atoms with Crippen LogP contribution < -0.4 is 5.32 Å². The molecule has 2 unspecified atom stereocenters. The van der Waals surface area contributed by atoms with Crippen molar-refractivity contribution in [3.05, 3.63) is 12.2 Å². The molecule has 1 saturated carbocycles. The van der Waals surface area contributed by atoms with Gasteiger partial charge in [0.05, 0.1) is 0 Å². The van der Waals surface area contributed by atoms with Crippen molar-refractivity contribution in [2.45, 2.75) is 26.7 Å². The van der Waals surface area contributed by atoms with E-state index in [0.29, 0.717) is 0 Å². The highest BCUT2D eigenvalue weighted by atomic mass is 14.9. The van der Waals surface area contributed by atoms with E-state index >= 15 is 0 Å².